The van der Waals surface area contributed by atoms with Crippen LogP contribution in [0.1, 0.15) is 5.56 Å². The largest absolute Gasteiger partial charge is 0.274 e. The fraction of sp³-hybridized carbons (Fsp3) is 0. The third-order valence-electron chi connectivity index (χ3n) is 3.39. The highest BCUT2D eigenvalue weighted by Crippen LogP contribution is 2.21. The predicted molar refractivity (Wildman–Crippen MR) is 92.1 cm³/mol. The Bertz CT molecular complexity index is 1130. The normalized spacial score (nSPS) is 12.5. The van der Waals surface area contributed by atoms with Gasteiger partial charge in [-0.05, 0) is 42.0 Å². The van der Waals surface area contributed by atoms with Crippen LogP contribution in [0.4, 0.5) is 0 Å². The van der Waals surface area contributed by atoms with Crippen molar-refractivity contribution in [2.24, 2.45) is 0 Å². The topological polar surface area (TPSA) is 34.4 Å². The molecule has 0 fully saturated rings. The number of hydrogen-bond donors (Lipinski definition) is 0. The van der Waals surface area contributed by atoms with Crippen LogP contribution < -0.4 is 10.1 Å². The average Bonchev–Trinajstić information content (AvgIpc) is 3.00. The Morgan fingerprint density at radius 3 is 2.82 bits per heavy atom. The van der Waals surface area contributed by atoms with Crippen molar-refractivity contribution < 1.29 is 0 Å². The molecule has 2 heterocycles. The zero-order valence-electron chi connectivity index (χ0n) is 11.1. The number of rotatable bonds is 1. The van der Waals surface area contributed by atoms with Gasteiger partial charge in [0.1, 0.15) is 0 Å². The van der Waals surface area contributed by atoms with E-state index in [0.29, 0.717) is 19.5 Å². The second-order valence-corrected chi connectivity index (χ2v) is 6.65. The maximum Gasteiger partial charge on any atom is 0.274 e. The Morgan fingerprint density at radius 2 is 1.95 bits per heavy atom. The monoisotopic (exact) mass is 346 g/mol. The van der Waals surface area contributed by atoms with Crippen LogP contribution in [0, 0.1) is 0 Å². The molecule has 0 bridgehead atoms. The van der Waals surface area contributed by atoms with Gasteiger partial charge in [-0.3, -0.25) is 4.79 Å². The lowest BCUT2D eigenvalue weighted by molar-refractivity contribution is 1.19. The molecule has 4 rings (SSSR count). The van der Waals surface area contributed by atoms with Gasteiger partial charge in [-0.25, -0.2) is 9.38 Å². The molecule has 0 saturated carbocycles. The Hall–Kier alpha value is -1.88. The SMILES string of the molecule is O=c1/c(=C/c2cc(Cl)ccc2Cl)sc2nc3ccccc3n12. The van der Waals surface area contributed by atoms with E-state index in [0.717, 1.165) is 16.6 Å². The van der Waals surface area contributed by atoms with E-state index < -0.39 is 0 Å². The van der Waals surface area contributed by atoms with Gasteiger partial charge in [0.15, 0.2) is 4.96 Å². The summed E-state index contributed by atoms with van der Waals surface area (Å²) in [6.45, 7) is 0. The smallest absolute Gasteiger partial charge is 0.267 e. The van der Waals surface area contributed by atoms with E-state index in [1.807, 2.05) is 24.3 Å². The second kappa shape index (κ2) is 5.09. The fourth-order valence-electron chi connectivity index (χ4n) is 2.38. The standard InChI is InChI=1S/C16H8Cl2N2OS/c17-10-5-6-11(18)9(7-10)8-14-15(21)20-13-4-2-1-3-12(13)19-16(20)22-14/h1-8H/b14-8-. The number of benzene rings is 2. The van der Waals surface area contributed by atoms with Crippen LogP contribution in [-0.2, 0) is 0 Å². The van der Waals surface area contributed by atoms with E-state index in [1.54, 1.807) is 28.7 Å². The Balaban J connectivity index is 2.04. The lowest BCUT2D eigenvalue weighted by atomic mass is 10.2. The van der Waals surface area contributed by atoms with Crippen molar-refractivity contribution in [3.05, 3.63) is 73.0 Å². The van der Waals surface area contributed by atoms with Gasteiger partial charge in [0.2, 0.25) is 0 Å². The van der Waals surface area contributed by atoms with Crippen LogP contribution >= 0.6 is 34.5 Å². The zero-order chi connectivity index (χ0) is 15.3. The minimum absolute atomic E-state index is 0.0928. The summed E-state index contributed by atoms with van der Waals surface area (Å²) in [5.74, 6) is 0. The van der Waals surface area contributed by atoms with Crippen molar-refractivity contribution in [2.75, 3.05) is 0 Å². The molecular formula is C16H8Cl2N2OS. The van der Waals surface area contributed by atoms with Crippen molar-refractivity contribution in [1.29, 1.82) is 0 Å². The third-order valence-corrected chi connectivity index (χ3v) is 4.94. The summed E-state index contributed by atoms with van der Waals surface area (Å²) in [6, 6.07) is 12.8. The van der Waals surface area contributed by atoms with E-state index in [9.17, 15) is 4.79 Å². The number of fused-ring (bicyclic) bond motifs is 3. The molecule has 0 amide bonds. The molecule has 0 spiro atoms. The van der Waals surface area contributed by atoms with Gasteiger partial charge in [0, 0.05) is 10.0 Å². The Morgan fingerprint density at radius 1 is 1.14 bits per heavy atom. The van der Waals surface area contributed by atoms with Gasteiger partial charge >= 0.3 is 0 Å². The molecule has 22 heavy (non-hydrogen) atoms. The quantitative estimate of drug-likeness (QED) is 0.525. The molecule has 0 aliphatic rings. The molecule has 0 unspecified atom stereocenters. The molecule has 2 aromatic heterocycles. The lowest BCUT2D eigenvalue weighted by Crippen LogP contribution is -2.22. The van der Waals surface area contributed by atoms with E-state index in [-0.39, 0.29) is 5.56 Å². The van der Waals surface area contributed by atoms with Crippen molar-refractivity contribution >= 4 is 56.6 Å². The molecule has 0 radical (unpaired) electrons. The van der Waals surface area contributed by atoms with Gasteiger partial charge in [-0.15, -0.1) is 0 Å². The van der Waals surface area contributed by atoms with Crippen molar-refractivity contribution in [2.45, 2.75) is 0 Å². The molecule has 3 nitrogen and oxygen atoms in total. The van der Waals surface area contributed by atoms with E-state index in [4.69, 9.17) is 23.2 Å². The van der Waals surface area contributed by atoms with Crippen LogP contribution in [0.5, 0.6) is 0 Å². The van der Waals surface area contributed by atoms with E-state index in [1.165, 1.54) is 11.3 Å². The minimum atomic E-state index is -0.0928. The molecule has 0 saturated heterocycles. The summed E-state index contributed by atoms with van der Waals surface area (Å²) >= 11 is 13.5. The van der Waals surface area contributed by atoms with Crippen LogP contribution in [-0.4, -0.2) is 9.38 Å². The average molecular weight is 347 g/mol. The molecule has 4 aromatic rings. The van der Waals surface area contributed by atoms with Crippen molar-refractivity contribution in [3.8, 4) is 0 Å². The van der Waals surface area contributed by atoms with Crippen LogP contribution in [0.15, 0.2) is 47.3 Å². The first-order valence-electron chi connectivity index (χ1n) is 6.50. The number of hydrogen-bond acceptors (Lipinski definition) is 3. The first-order valence-corrected chi connectivity index (χ1v) is 8.07. The maximum atomic E-state index is 12.6. The lowest BCUT2D eigenvalue weighted by Gasteiger charge is -1.97. The summed E-state index contributed by atoms with van der Waals surface area (Å²) < 4.78 is 2.21. The molecule has 6 heteroatoms. The van der Waals surface area contributed by atoms with Crippen molar-refractivity contribution in [3.63, 3.8) is 0 Å². The first-order chi connectivity index (χ1) is 10.6. The van der Waals surface area contributed by atoms with Gasteiger partial charge in [-0.2, -0.15) is 0 Å². The molecule has 108 valence electrons. The predicted octanol–water partition coefficient (Wildman–Crippen LogP) is 3.76. The fourth-order valence-corrected chi connectivity index (χ4v) is 3.71. The molecular weight excluding hydrogens is 339 g/mol. The molecule has 2 aromatic carbocycles. The summed E-state index contributed by atoms with van der Waals surface area (Å²) in [5, 5.41) is 1.13. The molecule has 0 atom stereocenters. The number of thiazole rings is 1. The van der Waals surface area contributed by atoms with Crippen LogP contribution in [0.3, 0.4) is 0 Å². The first kappa shape index (κ1) is 13.8. The Labute approximate surface area is 139 Å². The Kier molecular flexibility index (Phi) is 3.18. The summed E-state index contributed by atoms with van der Waals surface area (Å²) in [6.07, 6.45) is 1.75. The molecule has 0 aliphatic carbocycles. The number of imidazole rings is 1. The van der Waals surface area contributed by atoms with Gasteiger partial charge in [0.25, 0.3) is 5.56 Å². The minimum Gasteiger partial charge on any atom is -0.267 e. The van der Waals surface area contributed by atoms with Gasteiger partial charge in [0.05, 0.1) is 15.6 Å². The number of para-hydroxylation sites is 2. The molecule has 0 N–H and O–H groups in total. The van der Waals surface area contributed by atoms with E-state index in [2.05, 4.69) is 4.98 Å². The van der Waals surface area contributed by atoms with Gasteiger partial charge < -0.3 is 0 Å². The summed E-state index contributed by atoms with van der Waals surface area (Å²) in [7, 11) is 0. The number of nitrogens with zero attached hydrogens (tertiary/aromatic N) is 2. The molecule has 0 aliphatic heterocycles. The second-order valence-electron chi connectivity index (χ2n) is 4.80. The number of aromatic nitrogens is 2. The summed E-state index contributed by atoms with van der Waals surface area (Å²) in [5.41, 5.74) is 2.26. The highest BCUT2D eigenvalue weighted by molar-refractivity contribution is 7.15. The summed E-state index contributed by atoms with van der Waals surface area (Å²) in [4.78, 5) is 17.8. The van der Waals surface area contributed by atoms with Crippen LogP contribution in [0.2, 0.25) is 10.0 Å². The zero-order valence-corrected chi connectivity index (χ0v) is 13.4. The van der Waals surface area contributed by atoms with E-state index >= 15 is 0 Å². The van der Waals surface area contributed by atoms with Gasteiger partial charge in [-0.1, -0.05) is 46.7 Å². The maximum absolute atomic E-state index is 12.6. The third kappa shape index (κ3) is 2.11. The number of halogens is 2. The highest BCUT2D eigenvalue weighted by atomic mass is 35.5. The van der Waals surface area contributed by atoms with Crippen molar-refractivity contribution in [1.82, 2.24) is 9.38 Å². The van der Waals surface area contributed by atoms with Crippen LogP contribution in [0.25, 0.3) is 22.1 Å². The highest BCUT2D eigenvalue weighted by Gasteiger charge is 2.10.